The molecule has 9 nitrogen and oxygen atoms in total. The van der Waals surface area contributed by atoms with Crippen LogP contribution < -0.4 is 5.32 Å². The maximum absolute atomic E-state index is 12.8. The highest BCUT2D eigenvalue weighted by Crippen LogP contribution is 2.29. The minimum absolute atomic E-state index is 0.0144. The average molecular weight is 370 g/mol. The van der Waals surface area contributed by atoms with E-state index in [4.69, 9.17) is 0 Å². The minimum Gasteiger partial charge on any atom is -0.339 e. The molecule has 142 valence electrons. The molecule has 1 aromatic heterocycles. The third-order valence-electron chi connectivity index (χ3n) is 5.45. The molecule has 1 amide bonds. The molecule has 3 heterocycles. The number of aryl methyl sites for hydroxylation is 1. The number of nitro groups is 1. The molecular formula is C18H22N6O3. The summed E-state index contributed by atoms with van der Waals surface area (Å²) >= 11 is 0. The van der Waals surface area contributed by atoms with Gasteiger partial charge in [0.2, 0.25) is 0 Å². The summed E-state index contributed by atoms with van der Waals surface area (Å²) in [5.74, 6) is 2.14. The predicted molar refractivity (Wildman–Crippen MR) is 97.4 cm³/mol. The van der Waals surface area contributed by atoms with Gasteiger partial charge < -0.3 is 14.8 Å². The normalized spacial score (nSPS) is 17.6. The first-order valence-electron chi connectivity index (χ1n) is 9.21. The highest BCUT2D eigenvalue weighted by molar-refractivity contribution is 5.95. The van der Waals surface area contributed by atoms with E-state index in [1.165, 1.54) is 6.07 Å². The average Bonchev–Trinajstić information content (AvgIpc) is 3.12. The zero-order valence-electron chi connectivity index (χ0n) is 15.2. The summed E-state index contributed by atoms with van der Waals surface area (Å²) in [5, 5.41) is 23.1. The van der Waals surface area contributed by atoms with Crippen molar-refractivity contribution in [3.63, 3.8) is 0 Å². The lowest BCUT2D eigenvalue weighted by atomic mass is 9.95. The van der Waals surface area contributed by atoms with Crippen LogP contribution >= 0.6 is 0 Å². The Labute approximate surface area is 156 Å². The van der Waals surface area contributed by atoms with Crippen LogP contribution in [-0.2, 0) is 13.1 Å². The number of piperidine rings is 1. The largest absolute Gasteiger partial charge is 0.339 e. The Kier molecular flexibility index (Phi) is 4.61. The van der Waals surface area contributed by atoms with Crippen molar-refractivity contribution in [3.05, 3.63) is 51.1 Å². The summed E-state index contributed by atoms with van der Waals surface area (Å²) in [5.41, 5.74) is 0.914. The van der Waals surface area contributed by atoms with E-state index in [0.717, 1.165) is 44.1 Å². The molecule has 0 atom stereocenters. The maximum atomic E-state index is 12.8. The minimum atomic E-state index is -0.443. The lowest BCUT2D eigenvalue weighted by Crippen LogP contribution is -2.39. The highest BCUT2D eigenvalue weighted by atomic mass is 16.6. The van der Waals surface area contributed by atoms with E-state index in [2.05, 4.69) is 20.1 Å². The van der Waals surface area contributed by atoms with E-state index in [1.807, 2.05) is 0 Å². The van der Waals surface area contributed by atoms with Crippen LogP contribution in [0, 0.1) is 17.0 Å². The van der Waals surface area contributed by atoms with Crippen molar-refractivity contribution in [2.45, 2.75) is 38.8 Å². The van der Waals surface area contributed by atoms with Crippen molar-refractivity contribution in [1.29, 1.82) is 0 Å². The molecule has 9 heteroatoms. The van der Waals surface area contributed by atoms with E-state index in [-0.39, 0.29) is 11.6 Å². The van der Waals surface area contributed by atoms with E-state index < -0.39 is 4.92 Å². The number of nitro benzene ring substituents is 1. The molecule has 0 spiro atoms. The van der Waals surface area contributed by atoms with Gasteiger partial charge >= 0.3 is 0 Å². The van der Waals surface area contributed by atoms with Gasteiger partial charge in [-0.1, -0.05) is 6.07 Å². The Hall–Kier alpha value is -2.81. The maximum Gasteiger partial charge on any atom is 0.273 e. The van der Waals surface area contributed by atoms with Gasteiger partial charge in [0.25, 0.3) is 11.6 Å². The third-order valence-corrected chi connectivity index (χ3v) is 5.45. The SMILES string of the molecule is Cc1ccc(C(=O)N2CCC(c3nnc4n3CCNC4)CC2)cc1[N+](=O)[O-]. The number of hydrogen-bond donors (Lipinski definition) is 1. The zero-order chi connectivity index (χ0) is 19.0. The van der Waals surface area contributed by atoms with Crippen molar-refractivity contribution in [2.75, 3.05) is 19.6 Å². The lowest BCUT2D eigenvalue weighted by Gasteiger charge is -2.32. The van der Waals surface area contributed by atoms with Gasteiger partial charge in [-0.3, -0.25) is 14.9 Å². The Balaban J connectivity index is 1.45. The number of carbonyl (C=O) groups excluding carboxylic acids is 1. The summed E-state index contributed by atoms with van der Waals surface area (Å²) < 4.78 is 2.20. The van der Waals surface area contributed by atoms with Crippen LogP contribution in [0.25, 0.3) is 0 Å². The molecule has 1 aromatic carbocycles. The Morgan fingerprint density at radius 2 is 2.04 bits per heavy atom. The third kappa shape index (κ3) is 3.30. The van der Waals surface area contributed by atoms with Gasteiger partial charge in [0.15, 0.2) is 0 Å². The Morgan fingerprint density at radius 3 is 2.78 bits per heavy atom. The van der Waals surface area contributed by atoms with E-state index in [9.17, 15) is 14.9 Å². The van der Waals surface area contributed by atoms with Crippen LogP contribution in [0.4, 0.5) is 5.69 Å². The topological polar surface area (TPSA) is 106 Å². The van der Waals surface area contributed by atoms with Crippen LogP contribution in [0.3, 0.4) is 0 Å². The molecule has 0 radical (unpaired) electrons. The van der Waals surface area contributed by atoms with E-state index >= 15 is 0 Å². The summed E-state index contributed by atoms with van der Waals surface area (Å²) in [4.78, 5) is 25.2. The van der Waals surface area contributed by atoms with Crippen molar-refractivity contribution in [3.8, 4) is 0 Å². The molecule has 4 rings (SSSR count). The molecule has 2 aromatic rings. The fraction of sp³-hybridized carbons (Fsp3) is 0.500. The summed E-state index contributed by atoms with van der Waals surface area (Å²) in [7, 11) is 0. The van der Waals surface area contributed by atoms with Crippen LogP contribution in [0.2, 0.25) is 0 Å². The first kappa shape index (κ1) is 17.6. The van der Waals surface area contributed by atoms with Gasteiger partial charge in [0.05, 0.1) is 11.5 Å². The van der Waals surface area contributed by atoms with Gasteiger partial charge in [-0.15, -0.1) is 10.2 Å². The van der Waals surface area contributed by atoms with Crippen molar-refractivity contribution in [1.82, 2.24) is 25.0 Å². The molecule has 1 fully saturated rings. The van der Waals surface area contributed by atoms with Crippen molar-refractivity contribution >= 4 is 11.6 Å². The summed E-state index contributed by atoms with van der Waals surface area (Å²) in [6.07, 6.45) is 1.65. The fourth-order valence-corrected chi connectivity index (χ4v) is 3.88. The fourth-order valence-electron chi connectivity index (χ4n) is 3.88. The first-order chi connectivity index (χ1) is 13.0. The van der Waals surface area contributed by atoms with Crippen LogP contribution in [0.15, 0.2) is 18.2 Å². The molecule has 1 N–H and O–H groups in total. The second kappa shape index (κ2) is 7.07. The molecular weight excluding hydrogens is 348 g/mol. The first-order valence-corrected chi connectivity index (χ1v) is 9.21. The monoisotopic (exact) mass is 370 g/mol. The highest BCUT2D eigenvalue weighted by Gasteiger charge is 2.29. The number of benzene rings is 1. The van der Waals surface area contributed by atoms with E-state index in [0.29, 0.717) is 30.1 Å². The Morgan fingerprint density at radius 1 is 1.26 bits per heavy atom. The number of hydrogen-bond acceptors (Lipinski definition) is 6. The van der Waals surface area contributed by atoms with Crippen molar-refractivity contribution in [2.24, 2.45) is 0 Å². The number of fused-ring (bicyclic) bond motifs is 1. The quantitative estimate of drug-likeness (QED) is 0.650. The lowest BCUT2D eigenvalue weighted by molar-refractivity contribution is -0.385. The summed E-state index contributed by atoms with van der Waals surface area (Å²) in [6.45, 7) is 5.45. The molecule has 0 unspecified atom stereocenters. The number of carbonyl (C=O) groups is 1. The standard InChI is InChI=1S/C18H22N6O3/c1-12-2-3-14(10-15(12)24(26)27)18(25)22-7-4-13(5-8-22)17-21-20-16-11-19-6-9-23(16)17/h2-3,10,13,19H,4-9,11H2,1H3. The van der Waals surface area contributed by atoms with Crippen LogP contribution in [0.1, 0.15) is 46.3 Å². The van der Waals surface area contributed by atoms with Crippen LogP contribution in [0.5, 0.6) is 0 Å². The Bertz CT molecular complexity index is 885. The number of rotatable bonds is 3. The smallest absolute Gasteiger partial charge is 0.273 e. The zero-order valence-corrected chi connectivity index (χ0v) is 15.2. The summed E-state index contributed by atoms with van der Waals surface area (Å²) in [6, 6.07) is 4.68. The molecule has 2 aliphatic rings. The second-order valence-corrected chi connectivity index (χ2v) is 7.13. The number of nitrogens with one attached hydrogen (secondary N) is 1. The number of aromatic nitrogens is 3. The van der Waals surface area contributed by atoms with Crippen molar-refractivity contribution < 1.29 is 9.72 Å². The number of likely N-dealkylation sites (tertiary alicyclic amines) is 1. The van der Waals surface area contributed by atoms with Gasteiger partial charge in [0.1, 0.15) is 11.6 Å². The van der Waals surface area contributed by atoms with Gasteiger partial charge in [0, 0.05) is 49.3 Å². The van der Waals surface area contributed by atoms with Crippen LogP contribution in [-0.4, -0.2) is 50.1 Å². The molecule has 2 aliphatic heterocycles. The predicted octanol–water partition coefficient (Wildman–Crippen LogP) is 1.62. The number of nitrogens with zero attached hydrogens (tertiary/aromatic N) is 5. The number of amides is 1. The molecule has 27 heavy (non-hydrogen) atoms. The molecule has 0 aliphatic carbocycles. The van der Waals surface area contributed by atoms with Gasteiger partial charge in [-0.25, -0.2) is 0 Å². The molecule has 1 saturated heterocycles. The van der Waals surface area contributed by atoms with Gasteiger partial charge in [-0.05, 0) is 25.8 Å². The van der Waals surface area contributed by atoms with Gasteiger partial charge in [-0.2, -0.15) is 0 Å². The van der Waals surface area contributed by atoms with E-state index in [1.54, 1.807) is 24.0 Å². The molecule has 0 saturated carbocycles. The second-order valence-electron chi connectivity index (χ2n) is 7.13. The molecule has 0 bridgehead atoms.